The van der Waals surface area contributed by atoms with Gasteiger partial charge < -0.3 is 15.1 Å². The van der Waals surface area contributed by atoms with Gasteiger partial charge in [-0.2, -0.15) is 0 Å². The predicted octanol–water partition coefficient (Wildman–Crippen LogP) is 4.78. The summed E-state index contributed by atoms with van der Waals surface area (Å²) in [4.78, 5) is 13.6. The van der Waals surface area contributed by atoms with Crippen LogP contribution in [-0.4, -0.2) is 11.6 Å². The van der Waals surface area contributed by atoms with Gasteiger partial charge in [-0.3, -0.25) is 0 Å². The van der Waals surface area contributed by atoms with Crippen molar-refractivity contribution in [2.45, 2.75) is 50.6 Å². The largest absolute Gasteiger partial charge is 0.458 e. The topological polar surface area (TPSA) is 54.3 Å². The normalized spacial score (nSPS) is 32.7. The second kappa shape index (κ2) is 5.90. The van der Waals surface area contributed by atoms with Gasteiger partial charge in [-0.05, 0) is 79.9 Å². The second-order valence-electron chi connectivity index (χ2n) is 8.25. The lowest BCUT2D eigenvalue weighted by molar-refractivity contribution is -0.0135. The fraction of sp³-hybridized carbons (Fsp3) is 0.550. The van der Waals surface area contributed by atoms with Crippen LogP contribution in [0.4, 0.5) is 4.79 Å². The van der Waals surface area contributed by atoms with Gasteiger partial charge in [0.05, 0.1) is 11.4 Å². The van der Waals surface area contributed by atoms with Crippen molar-refractivity contribution in [3.8, 4) is 10.6 Å². The molecule has 2 aromatic rings. The number of hydrogen-bond donors (Lipinski definition) is 2. The fourth-order valence-corrected chi connectivity index (χ4v) is 6.43. The highest BCUT2D eigenvalue weighted by molar-refractivity contribution is 7.13. The summed E-state index contributed by atoms with van der Waals surface area (Å²) in [7, 11) is 0. The molecule has 4 saturated carbocycles. The number of urea groups is 1. The van der Waals surface area contributed by atoms with Crippen LogP contribution in [0.2, 0.25) is 0 Å². The molecule has 25 heavy (non-hydrogen) atoms. The molecule has 4 bridgehead atoms. The minimum absolute atomic E-state index is 0.0453. The molecule has 0 atom stereocenters. The molecule has 4 aliphatic carbocycles. The van der Waals surface area contributed by atoms with Gasteiger partial charge in [0.1, 0.15) is 11.5 Å². The van der Waals surface area contributed by atoms with Crippen LogP contribution in [0.3, 0.4) is 0 Å². The fourth-order valence-electron chi connectivity index (χ4n) is 5.74. The Kier molecular flexibility index (Phi) is 3.66. The minimum Gasteiger partial charge on any atom is -0.458 e. The molecule has 6 rings (SSSR count). The molecule has 2 aromatic heterocycles. The van der Waals surface area contributed by atoms with E-state index in [-0.39, 0.29) is 11.6 Å². The lowest BCUT2D eigenvalue weighted by Crippen LogP contribution is -2.61. The van der Waals surface area contributed by atoms with Crippen molar-refractivity contribution in [1.29, 1.82) is 0 Å². The van der Waals surface area contributed by atoms with Crippen molar-refractivity contribution in [1.82, 2.24) is 10.6 Å². The smallest absolute Gasteiger partial charge is 0.315 e. The highest BCUT2D eigenvalue weighted by Crippen LogP contribution is 2.55. The highest BCUT2D eigenvalue weighted by Gasteiger charge is 2.51. The molecule has 0 aromatic carbocycles. The van der Waals surface area contributed by atoms with E-state index in [1.165, 1.54) is 38.5 Å². The Labute approximate surface area is 152 Å². The molecule has 0 aliphatic heterocycles. The molecule has 0 spiro atoms. The molecule has 4 fully saturated rings. The van der Waals surface area contributed by atoms with Crippen molar-refractivity contribution in [3.63, 3.8) is 0 Å². The summed E-state index contributed by atoms with van der Waals surface area (Å²) in [5, 5.41) is 8.37. The monoisotopic (exact) mass is 356 g/mol. The van der Waals surface area contributed by atoms with Gasteiger partial charge >= 0.3 is 6.03 Å². The van der Waals surface area contributed by atoms with Gasteiger partial charge in [0.2, 0.25) is 0 Å². The maximum absolute atomic E-state index is 12.5. The number of carbonyl (C=O) groups excluding carboxylic acids is 1. The molecule has 2 heterocycles. The van der Waals surface area contributed by atoms with Crippen LogP contribution in [0.25, 0.3) is 10.6 Å². The number of nitrogens with one attached hydrogen (secondary N) is 2. The van der Waals surface area contributed by atoms with Crippen LogP contribution in [0.1, 0.15) is 44.3 Å². The molecular formula is C20H24N2O2S. The lowest BCUT2D eigenvalue weighted by Gasteiger charge is -2.56. The van der Waals surface area contributed by atoms with Crippen molar-refractivity contribution >= 4 is 17.4 Å². The summed E-state index contributed by atoms with van der Waals surface area (Å²) in [6.45, 7) is 0.434. The average Bonchev–Trinajstić information content (AvgIpc) is 3.22. The molecule has 0 radical (unpaired) electrons. The number of carbonyl (C=O) groups is 1. The van der Waals surface area contributed by atoms with E-state index >= 15 is 0 Å². The highest BCUT2D eigenvalue weighted by atomic mass is 32.1. The first kappa shape index (κ1) is 15.5. The predicted molar refractivity (Wildman–Crippen MR) is 98.3 cm³/mol. The van der Waals surface area contributed by atoms with Gasteiger partial charge in [-0.15, -0.1) is 11.3 Å². The zero-order valence-electron chi connectivity index (χ0n) is 14.3. The van der Waals surface area contributed by atoms with Gasteiger partial charge in [0, 0.05) is 5.54 Å². The first-order chi connectivity index (χ1) is 12.2. The van der Waals surface area contributed by atoms with E-state index < -0.39 is 0 Å². The summed E-state index contributed by atoms with van der Waals surface area (Å²) < 4.78 is 5.84. The SMILES string of the molecule is O=C(NCc1ccc(-c2cccs2)o1)NC12CC3CC(CC(C3)C1)C2. The standard InChI is InChI=1S/C20H24N2O2S/c23-19(21-12-16-3-4-17(24-16)18-2-1-5-25-18)22-20-9-13-6-14(10-20)8-15(7-13)11-20/h1-5,13-15H,6-12H2,(H2,21,22,23). The van der Waals surface area contributed by atoms with Crippen LogP contribution in [0, 0.1) is 17.8 Å². The third kappa shape index (κ3) is 2.99. The quantitative estimate of drug-likeness (QED) is 0.828. The summed E-state index contributed by atoms with van der Waals surface area (Å²) in [5.74, 6) is 4.18. The number of rotatable bonds is 4. The van der Waals surface area contributed by atoms with Gasteiger partial charge in [-0.25, -0.2) is 4.79 Å². The van der Waals surface area contributed by atoms with Crippen molar-refractivity contribution < 1.29 is 9.21 Å². The third-order valence-electron chi connectivity index (χ3n) is 6.27. The molecule has 0 saturated heterocycles. The van der Waals surface area contributed by atoms with Crippen LogP contribution in [0.5, 0.6) is 0 Å². The molecule has 2 N–H and O–H groups in total. The average molecular weight is 356 g/mol. The van der Waals surface area contributed by atoms with E-state index in [1.807, 2.05) is 29.6 Å². The van der Waals surface area contributed by atoms with Gasteiger partial charge in [0.15, 0.2) is 0 Å². The summed E-state index contributed by atoms with van der Waals surface area (Å²) in [6.07, 6.45) is 7.70. The Bertz CT molecular complexity index is 729. The second-order valence-corrected chi connectivity index (χ2v) is 9.20. The summed E-state index contributed by atoms with van der Waals surface area (Å²) in [5.41, 5.74) is 0.0596. The Morgan fingerprint density at radius 1 is 1.12 bits per heavy atom. The van der Waals surface area contributed by atoms with E-state index in [1.54, 1.807) is 11.3 Å². The van der Waals surface area contributed by atoms with E-state index in [4.69, 9.17) is 4.42 Å². The summed E-state index contributed by atoms with van der Waals surface area (Å²) >= 11 is 1.66. The minimum atomic E-state index is -0.0453. The van der Waals surface area contributed by atoms with E-state index in [0.717, 1.165) is 34.2 Å². The Morgan fingerprint density at radius 2 is 1.84 bits per heavy atom. The Hall–Kier alpha value is -1.75. The third-order valence-corrected chi connectivity index (χ3v) is 7.15. The van der Waals surface area contributed by atoms with Gasteiger partial charge in [-0.1, -0.05) is 6.07 Å². The molecule has 2 amide bonds. The maximum atomic E-state index is 12.5. The van der Waals surface area contributed by atoms with E-state index in [0.29, 0.717) is 6.54 Å². The Balaban J connectivity index is 1.19. The molecular weight excluding hydrogens is 332 g/mol. The molecule has 4 aliphatic rings. The lowest BCUT2D eigenvalue weighted by atomic mass is 9.53. The number of furan rings is 1. The molecule has 4 nitrogen and oxygen atoms in total. The number of thiophene rings is 1. The number of hydrogen-bond acceptors (Lipinski definition) is 3. The maximum Gasteiger partial charge on any atom is 0.315 e. The zero-order chi connectivity index (χ0) is 16.9. The van der Waals surface area contributed by atoms with E-state index in [2.05, 4.69) is 10.6 Å². The zero-order valence-corrected chi connectivity index (χ0v) is 15.1. The first-order valence-electron chi connectivity index (χ1n) is 9.36. The Morgan fingerprint density at radius 3 is 2.48 bits per heavy atom. The van der Waals surface area contributed by atoms with Crippen LogP contribution < -0.4 is 10.6 Å². The summed E-state index contributed by atoms with van der Waals surface area (Å²) in [6, 6.07) is 7.93. The van der Waals surface area contributed by atoms with Crippen LogP contribution >= 0.6 is 11.3 Å². The molecule has 132 valence electrons. The van der Waals surface area contributed by atoms with Crippen LogP contribution in [0.15, 0.2) is 34.1 Å². The van der Waals surface area contributed by atoms with Crippen LogP contribution in [-0.2, 0) is 6.54 Å². The van der Waals surface area contributed by atoms with Crippen molar-refractivity contribution in [2.24, 2.45) is 17.8 Å². The van der Waals surface area contributed by atoms with Gasteiger partial charge in [0.25, 0.3) is 0 Å². The molecule has 5 heteroatoms. The first-order valence-corrected chi connectivity index (χ1v) is 10.2. The number of amides is 2. The van der Waals surface area contributed by atoms with E-state index in [9.17, 15) is 4.79 Å². The van der Waals surface area contributed by atoms with Crippen molar-refractivity contribution in [3.05, 3.63) is 35.4 Å². The van der Waals surface area contributed by atoms with Crippen molar-refractivity contribution in [2.75, 3.05) is 0 Å². The molecule has 0 unspecified atom stereocenters.